The quantitative estimate of drug-likeness (QED) is 0.168. The predicted octanol–water partition coefficient (Wildman–Crippen LogP) is 4.01. The third-order valence-corrected chi connectivity index (χ3v) is 7.21. The molecule has 0 N–H and O–H groups in total. The molecule has 0 bridgehead atoms. The minimum atomic E-state index is -0.264. The number of hydrogen-bond acceptors (Lipinski definition) is 6. The van der Waals surface area contributed by atoms with E-state index in [9.17, 15) is 9.59 Å². The molecule has 2 heterocycles. The number of anilines is 1. The van der Waals surface area contributed by atoms with Crippen LogP contribution in [0.15, 0.2) is 43.6 Å². The van der Waals surface area contributed by atoms with Gasteiger partial charge < -0.3 is 8.01 Å². The molecule has 0 radical (unpaired) electrons. The third kappa shape index (κ3) is 6.89. The number of hydrogen-bond donors (Lipinski definition) is 0. The summed E-state index contributed by atoms with van der Waals surface area (Å²) in [6.07, 6.45) is 8.05. The molecule has 168 valence electrons. The minimum absolute atomic E-state index is 0.0815. The van der Waals surface area contributed by atoms with Gasteiger partial charge in [0.1, 0.15) is 12.1 Å². The Morgan fingerprint density at radius 3 is 2.65 bits per heavy atom. The zero-order valence-corrected chi connectivity index (χ0v) is 22.8. The predicted molar refractivity (Wildman–Crippen MR) is 144 cm³/mol. The van der Waals surface area contributed by atoms with Crippen molar-refractivity contribution >= 4 is 68.9 Å². The number of Topliss-reactive ketones (excluding diaryl/α,β-unsaturated/α-hetero) is 1. The van der Waals surface area contributed by atoms with Gasteiger partial charge in [-0.3, -0.25) is 19.0 Å². The number of carbonyl (C=O) groups excluding carboxylic acids is 1. The van der Waals surface area contributed by atoms with Crippen LogP contribution in [-0.2, 0) is 17.8 Å². The Kier molecular flexibility index (Phi) is 9.72. The first-order valence-electron chi connectivity index (χ1n) is 9.98. The van der Waals surface area contributed by atoms with Crippen molar-refractivity contribution in [1.82, 2.24) is 17.3 Å². The molecule has 0 unspecified atom stereocenters. The van der Waals surface area contributed by atoms with Gasteiger partial charge in [-0.1, -0.05) is 12.5 Å². The summed E-state index contributed by atoms with van der Waals surface area (Å²) in [5, 5.41) is 4.50. The first-order valence-corrected chi connectivity index (χ1v) is 12.0. The molecular weight excluding hydrogens is 622 g/mol. The maximum atomic E-state index is 13.0. The van der Waals surface area contributed by atoms with Crippen molar-refractivity contribution in [3.63, 3.8) is 0 Å². The van der Waals surface area contributed by atoms with Crippen molar-refractivity contribution in [2.45, 2.75) is 40.7 Å². The van der Waals surface area contributed by atoms with Gasteiger partial charge in [0, 0.05) is 32.2 Å². The van der Waals surface area contributed by atoms with Gasteiger partial charge in [0.25, 0.3) is 5.56 Å². The van der Waals surface area contributed by atoms with Gasteiger partial charge in [0.15, 0.2) is 5.78 Å². The molecule has 0 spiro atoms. The molecule has 0 aromatic carbocycles. The summed E-state index contributed by atoms with van der Waals surface area (Å²) in [7, 11) is 1.92. The Bertz CT molecular complexity index is 1080. The Hall–Kier alpha value is -1.70. The van der Waals surface area contributed by atoms with Crippen LogP contribution in [0.5, 0.6) is 0 Å². The van der Waals surface area contributed by atoms with Gasteiger partial charge in [0.05, 0.1) is 33.1 Å². The number of carbonyl (C=O) groups is 1. The highest BCUT2D eigenvalue weighted by molar-refractivity contribution is 14.1. The van der Waals surface area contributed by atoms with Crippen LogP contribution in [0.3, 0.4) is 0 Å². The van der Waals surface area contributed by atoms with Crippen LogP contribution in [0, 0.1) is 0 Å². The Balaban J connectivity index is 2.24. The molecule has 0 saturated heterocycles. The summed E-state index contributed by atoms with van der Waals surface area (Å²) in [5.41, 5.74) is 2.44. The lowest BCUT2D eigenvalue weighted by atomic mass is 10.3. The number of halogens is 2. The second kappa shape index (κ2) is 11.8. The Morgan fingerprint density at radius 2 is 2.03 bits per heavy atom. The van der Waals surface area contributed by atoms with Crippen LogP contribution >= 0.6 is 45.5 Å². The summed E-state index contributed by atoms with van der Waals surface area (Å²) < 4.78 is 5.74. The molecular formula is C21H28I2N6O2. The topological polar surface area (TPSA) is 75.2 Å². The average Bonchev–Trinajstić information content (AvgIpc) is 3.17. The van der Waals surface area contributed by atoms with Crippen LogP contribution in [-0.4, -0.2) is 49.4 Å². The van der Waals surface area contributed by atoms with Crippen LogP contribution < -0.4 is 10.5 Å². The van der Waals surface area contributed by atoms with E-state index in [0.29, 0.717) is 11.5 Å². The Labute approximate surface area is 210 Å². The highest BCUT2D eigenvalue weighted by Gasteiger charge is 2.17. The SMILES string of the molecule is CCc1cc2c(=O)n(CC(=O)CN(I)/C(I)=C/C=NC=C(C)C)nc(N(C)CC)n2c1. The number of ketones is 1. The first kappa shape index (κ1) is 25.6. The molecule has 0 aliphatic rings. The summed E-state index contributed by atoms with van der Waals surface area (Å²) in [6, 6.07) is 1.88. The van der Waals surface area contributed by atoms with E-state index in [1.807, 2.05) is 62.4 Å². The molecule has 2 aromatic rings. The highest BCUT2D eigenvalue weighted by atomic mass is 127. The smallest absolute Gasteiger partial charge is 0.291 e. The molecule has 10 heteroatoms. The molecule has 0 fully saturated rings. The van der Waals surface area contributed by atoms with Crippen molar-refractivity contribution in [3.05, 3.63) is 49.7 Å². The maximum absolute atomic E-state index is 13.0. The highest BCUT2D eigenvalue weighted by Crippen LogP contribution is 2.18. The summed E-state index contributed by atoms with van der Waals surface area (Å²) in [6.45, 7) is 8.82. The first-order chi connectivity index (χ1) is 14.7. The van der Waals surface area contributed by atoms with Crippen molar-refractivity contribution in [3.8, 4) is 0 Å². The fourth-order valence-corrected chi connectivity index (χ4v) is 3.58. The van der Waals surface area contributed by atoms with Gasteiger partial charge in [-0.05, 0) is 67.5 Å². The molecule has 0 saturated carbocycles. The van der Waals surface area contributed by atoms with Gasteiger partial charge >= 0.3 is 0 Å². The standard InChI is InChI=1S/C21H28I2N6O2/c1-6-16-10-18-20(31)29(25-21(26(5)7-2)27(18)12-16)14-17(30)13-28(23)19(22)8-9-24-11-15(3)4/h8-12H,6-7,13-14H2,1-5H3/b19-8+,24-9?. The third-order valence-electron chi connectivity index (χ3n) is 4.48. The van der Waals surface area contributed by atoms with Crippen molar-refractivity contribution < 1.29 is 4.79 Å². The van der Waals surface area contributed by atoms with Crippen molar-refractivity contribution in [2.75, 3.05) is 25.0 Å². The molecule has 0 atom stereocenters. The lowest BCUT2D eigenvalue weighted by Crippen LogP contribution is -2.34. The van der Waals surface area contributed by atoms with E-state index in [2.05, 4.69) is 55.5 Å². The number of aliphatic imine (C=N–C) groups is 1. The number of aromatic nitrogens is 3. The molecule has 31 heavy (non-hydrogen) atoms. The summed E-state index contributed by atoms with van der Waals surface area (Å²) in [4.78, 5) is 31.8. The number of aryl methyl sites for hydroxylation is 1. The van der Waals surface area contributed by atoms with Crippen LogP contribution in [0.1, 0.15) is 33.3 Å². The van der Waals surface area contributed by atoms with Gasteiger partial charge in [-0.25, -0.2) is 4.68 Å². The summed E-state index contributed by atoms with van der Waals surface area (Å²) in [5.74, 6) is 0.533. The molecule has 0 aliphatic carbocycles. The van der Waals surface area contributed by atoms with E-state index in [-0.39, 0.29) is 24.4 Å². The van der Waals surface area contributed by atoms with E-state index in [1.54, 1.807) is 15.5 Å². The molecule has 0 amide bonds. The largest absolute Gasteiger partial charge is 0.344 e. The van der Waals surface area contributed by atoms with Crippen LogP contribution in [0.25, 0.3) is 5.52 Å². The number of nitrogens with zero attached hydrogens (tertiary/aromatic N) is 6. The molecule has 2 aromatic heterocycles. The Morgan fingerprint density at radius 1 is 1.32 bits per heavy atom. The van der Waals surface area contributed by atoms with Crippen LogP contribution in [0.2, 0.25) is 0 Å². The van der Waals surface area contributed by atoms with E-state index >= 15 is 0 Å². The maximum Gasteiger partial charge on any atom is 0.291 e. The second-order valence-electron chi connectivity index (χ2n) is 7.29. The zero-order valence-electron chi connectivity index (χ0n) is 18.5. The van der Waals surface area contributed by atoms with Gasteiger partial charge in [-0.15, -0.1) is 5.10 Å². The lowest BCUT2D eigenvalue weighted by molar-refractivity contribution is -0.119. The number of fused-ring (bicyclic) bond motifs is 1. The van der Waals surface area contributed by atoms with Gasteiger partial charge in [-0.2, -0.15) is 0 Å². The van der Waals surface area contributed by atoms with E-state index in [0.717, 1.165) is 27.8 Å². The fourth-order valence-electron chi connectivity index (χ4n) is 2.71. The fraction of sp³-hybridized carbons (Fsp3) is 0.429. The van der Waals surface area contributed by atoms with Crippen LogP contribution in [0.4, 0.5) is 5.95 Å². The monoisotopic (exact) mass is 650 g/mol. The molecule has 8 nitrogen and oxygen atoms in total. The van der Waals surface area contributed by atoms with Crippen molar-refractivity contribution in [2.24, 2.45) is 4.99 Å². The lowest BCUT2D eigenvalue weighted by Gasteiger charge is -2.19. The van der Waals surface area contributed by atoms with Gasteiger partial charge in [0.2, 0.25) is 5.95 Å². The number of rotatable bonds is 10. The second-order valence-corrected chi connectivity index (χ2v) is 9.56. The zero-order chi connectivity index (χ0) is 23.1. The van der Waals surface area contributed by atoms with E-state index in [1.165, 1.54) is 4.68 Å². The molecule has 0 aliphatic heterocycles. The summed E-state index contributed by atoms with van der Waals surface area (Å²) >= 11 is 4.24. The average molecular weight is 650 g/mol. The van der Waals surface area contributed by atoms with E-state index < -0.39 is 0 Å². The minimum Gasteiger partial charge on any atom is -0.344 e. The normalized spacial score (nSPS) is 11.9. The number of allylic oxidation sites excluding steroid dienone is 2. The molecule has 2 rings (SSSR count). The van der Waals surface area contributed by atoms with Crippen molar-refractivity contribution in [1.29, 1.82) is 0 Å². The van der Waals surface area contributed by atoms with E-state index in [4.69, 9.17) is 0 Å².